The fraction of sp³-hybridized carbons (Fsp3) is 0.500. The number of nitrogens with one attached hydrogen (secondary N) is 1. The van der Waals surface area contributed by atoms with Gasteiger partial charge in [0.15, 0.2) is 0 Å². The van der Waals surface area contributed by atoms with Gasteiger partial charge in [-0.3, -0.25) is 0 Å². The van der Waals surface area contributed by atoms with E-state index in [4.69, 9.17) is 5.11 Å². The number of rotatable bonds is 5. The average Bonchev–Trinajstić information content (AvgIpc) is 2.28. The third-order valence-corrected chi connectivity index (χ3v) is 2.62. The topological polar surface area (TPSA) is 32.3 Å². The smallest absolute Gasteiger partial charge is 0.128 e. The maximum absolute atomic E-state index is 13.4. The van der Waals surface area contributed by atoms with Crippen LogP contribution in [0, 0.1) is 11.6 Å². The molecule has 0 saturated heterocycles. The first kappa shape index (κ1) is 13.1. The molecule has 0 aromatic heterocycles. The Balaban J connectivity index is 2.79. The molecule has 0 heterocycles. The zero-order valence-corrected chi connectivity index (χ0v) is 9.50. The van der Waals surface area contributed by atoms with Crippen LogP contribution in [0.4, 0.5) is 8.78 Å². The van der Waals surface area contributed by atoms with Crippen LogP contribution in [-0.4, -0.2) is 17.8 Å². The molecule has 16 heavy (non-hydrogen) atoms. The van der Waals surface area contributed by atoms with Gasteiger partial charge in [0.05, 0.1) is 6.61 Å². The number of hydrogen-bond acceptors (Lipinski definition) is 2. The highest BCUT2D eigenvalue weighted by atomic mass is 19.1. The van der Waals surface area contributed by atoms with Crippen LogP contribution >= 0.6 is 0 Å². The Hall–Kier alpha value is -1.00. The number of halogens is 2. The van der Waals surface area contributed by atoms with E-state index in [1.54, 1.807) is 6.92 Å². The molecule has 1 rings (SSSR count). The van der Waals surface area contributed by atoms with E-state index in [0.717, 1.165) is 18.6 Å². The van der Waals surface area contributed by atoms with Crippen LogP contribution in [0.15, 0.2) is 18.2 Å². The molecule has 0 fully saturated rings. The molecule has 0 aliphatic rings. The minimum Gasteiger partial charge on any atom is -0.395 e. The fourth-order valence-corrected chi connectivity index (χ4v) is 1.59. The predicted octanol–water partition coefficient (Wildman–Crippen LogP) is 2.39. The van der Waals surface area contributed by atoms with Crippen molar-refractivity contribution < 1.29 is 13.9 Å². The Kier molecular flexibility index (Phi) is 4.83. The molecule has 0 saturated carbocycles. The lowest BCUT2D eigenvalue weighted by Gasteiger charge is -2.21. The number of aliphatic hydroxyl groups is 1. The monoisotopic (exact) mass is 229 g/mol. The molecule has 0 spiro atoms. The van der Waals surface area contributed by atoms with Crippen LogP contribution in [0.5, 0.6) is 0 Å². The second-order valence-corrected chi connectivity index (χ2v) is 3.84. The molecular weight excluding hydrogens is 212 g/mol. The van der Waals surface area contributed by atoms with Crippen LogP contribution in [0.1, 0.15) is 31.9 Å². The first-order valence-corrected chi connectivity index (χ1v) is 5.40. The van der Waals surface area contributed by atoms with Gasteiger partial charge in [-0.15, -0.1) is 0 Å². The summed E-state index contributed by atoms with van der Waals surface area (Å²) < 4.78 is 26.4. The lowest BCUT2D eigenvalue weighted by atomic mass is 10.1. The lowest BCUT2D eigenvalue weighted by Crippen LogP contribution is -2.34. The van der Waals surface area contributed by atoms with Crippen LogP contribution in [0.3, 0.4) is 0 Å². The largest absolute Gasteiger partial charge is 0.395 e. The molecule has 0 radical (unpaired) electrons. The van der Waals surface area contributed by atoms with Gasteiger partial charge in [-0.1, -0.05) is 6.92 Å². The zero-order chi connectivity index (χ0) is 12.1. The van der Waals surface area contributed by atoms with E-state index in [-0.39, 0.29) is 24.3 Å². The van der Waals surface area contributed by atoms with Crippen LogP contribution in [-0.2, 0) is 0 Å². The minimum atomic E-state index is -0.456. The van der Waals surface area contributed by atoms with Crippen molar-refractivity contribution >= 4 is 0 Å². The summed E-state index contributed by atoms with van der Waals surface area (Å²) in [6, 6.07) is 2.96. The number of aliphatic hydroxyl groups excluding tert-OH is 1. The Morgan fingerprint density at radius 1 is 1.38 bits per heavy atom. The van der Waals surface area contributed by atoms with E-state index in [1.807, 2.05) is 6.92 Å². The Labute approximate surface area is 94.3 Å². The summed E-state index contributed by atoms with van der Waals surface area (Å²) in [4.78, 5) is 0. The second-order valence-electron chi connectivity index (χ2n) is 3.84. The van der Waals surface area contributed by atoms with Crippen LogP contribution < -0.4 is 5.32 Å². The van der Waals surface area contributed by atoms with Gasteiger partial charge in [-0.05, 0) is 31.5 Å². The average molecular weight is 229 g/mol. The SMILES string of the molecule is CC[C@@H](CO)NC(C)c1cc(F)ccc1F. The maximum atomic E-state index is 13.4. The maximum Gasteiger partial charge on any atom is 0.128 e. The molecule has 2 nitrogen and oxygen atoms in total. The summed E-state index contributed by atoms with van der Waals surface area (Å²) in [6.07, 6.45) is 0.734. The summed E-state index contributed by atoms with van der Waals surface area (Å²) in [5, 5.41) is 12.1. The fourth-order valence-electron chi connectivity index (χ4n) is 1.59. The molecule has 0 bridgehead atoms. The van der Waals surface area contributed by atoms with Gasteiger partial charge >= 0.3 is 0 Å². The third-order valence-electron chi connectivity index (χ3n) is 2.62. The first-order chi connectivity index (χ1) is 7.58. The standard InChI is InChI=1S/C12H17F2NO/c1-3-10(7-16)15-8(2)11-6-9(13)4-5-12(11)14/h4-6,8,10,15-16H,3,7H2,1-2H3/t8?,10-/m0/s1. The highest BCUT2D eigenvalue weighted by Crippen LogP contribution is 2.18. The Morgan fingerprint density at radius 3 is 2.62 bits per heavy atom. The number of benzene rings is 1. The Bertz CT molecular complexity index is 340. The van der Waals surface area contributed by atoms with Crippen molar-refractivity contribution in [2.24, 2.45) is 0 Å². The van der Waals surface area contributed by atoms with Crippen LogP contribution in [0.2, 0.25) is 0 Å². The molecule has 1 aromatic carbocycles. The molecule has 2 atom stereocenters. The van der Waals surface area contributed by atoms with Crippen molar-refractivity contribution in [1.29, 1.82) is 0 Å². The molecule has 0 aliphatic heterocycles. The quantitative estimate of drug-likeness (QED) is 0.812. The highest BCUT2D eigenvalue weighted by molar-refractivity contribution is 5.21. The first-order valence-electron chi connectivity index (χ1n) is 5.40. The van der Waals surface area contributed by atoms with Crippen molar-refractivity contribution in [1.82, 2.24) is 5.32 Å². The molecule has 1 aromatic rings. The van der Waals surface area contributed by atoms with Crippen molar-refractivity contribution in [2.75, 3.05) is 6.61 Å². The zero-order valence-electron chi connectivity index (χ0n) is 9.50. The third kappa shape index (κ3) is 3.25. The summed E-state index contributed by atoms with van der Waals surface area (Å²) in [6.45, 7) is 3.65. The van der Waals surface area contributed by atoms with Gasteiger partial charge in [0.2, 0.25) is 0 Å². The van der Waals surface area contributed by atoms with Gasteiger partial charge < -0.3 is 10.4 Å². The van der Waals surface area contributed by atoms with E-state index >= 15 is 0 Å². The molecular formula is C12H17F2NO. The summed E-state index contributed by atoms with van der Waals surface area (Å²) in [7, 11) is 0. The Morgan fingerprint density at radius 2 is 2.06 bits per heavy atom. The van der Waals surface area contributed by atoms with Crippen LogP contribution in [0.25, 0.3) is 0 Å². The van der Waals surface area contributed by atoms with Crippen molar-refractivity contribution in [3.8, 4) is 0 Å². The van der Waals surface area contributed by atoms with E-state index in [0.29, 0.717) is 0 Å². The second kappa shape index (κ2) is 5.92. The summed E-state index contributed by atoms with van der Waals surface area (Å²) in [5.41, 5.74) is 0.284. The normalized spacial score (nSPS) is 14.8. The molecule has 0 amide bonds. The minimum absolute atomic E-state index is 0.0161. The summed E-state index contributed by atoms with van der Waals surface area (Å²) in [5.74, 6) is -0.892. The molecule has 0 aliphatic carbocycles. The van der Waals surface area contributed by atoms with Gasteiger partial charge in [0, 0.05) is 17.6 Å². The highest BCUT2D eigenvalue weighted by Gasteiger charge is 2.15. The molecule has 90 valence electrons. The lowest BCUT2D eigenvalue weighted by molar-refractivity contribution is 0.229. The van der Waals surface area contributed by atoms with Crippen molar-refractivity contribution in [3.05, 3.63) is 35.4 Å². The molecule has 2 N–H and O–H groups in total. The number of hydrogen-bond donors (Lipinski definition) is 2. The van der Waals surface area contributed by atoms with Crippen molar-refractivity contribution in [2.45, 2.75) is 32.4 Å². The van der Waals surface area contributed by atoms with Crippen molar-refractivity contribution in [3.63, 3.8) is 0 Å². The van der Waals surface area contributed by atoms with Gasteiger partial charge in [0.1, 0.15) is 11.6 Å². The summed E-state index contributed by atoms with van der Waals surface area (Å²) >= 11 is 0. The van der Waals surface area contributed by atoms with Gasteiger partial charge in [-0.2, -0.15) is 0 Å². The van der Waals surface area contributed by atoms with E-state index < -0.39 is 11.6 Å². The van der Waals surface area contributed by atoms with Gasteiger partial charge in [0.25, 0.3) is 0 Å². The van der Waals surface area contributed by atoms with E-state index in [2.05, 4.69) is 5.32 Å². The molecule has 1 unspecified atom stereocenters. The predicted molar refractivity (Wildman–Crippen MR) is 59.1 cm³/mol. The van der Waals surface area contributed by atoms with E-state index in [1.165, 1.54) is 6.07 Å². The van der Waals surface area contributed by atoms with Gasteiger partial charge in [-0.25, -0.2) is 8.78 Å². The molecule has 4 heteroatoms. The van der Waals surface area contributed by atoms with E-state index in [9.17, 15) is 8.78 Å².